The third-order valence-corrected chi connectivity index (χ3v) is 1.09. The molecule has 0 saturated heterocycles. The van der Waals surface area contributed by atoms with Crippen molar-refractivity contribution < 1.29 is 0 Å². The van der Waals surface area contributed by atoms with Gasteiger partial charge < -0.3 is 0 Å². The summed E-state index contributed by atoms with van der Waals surface area (Å²) in [6.07, 6.45) is 0. The summed E-state index contributed by atoms with van der Waals surface area (Å²) in [4.78, 5) is 6.37. The van der Waals surface area contributed by atoms with Gasteiger partial charge in [0.25, 0.3) is 0 Å². The maximum Gasteiger partial charge on any atom is 0.177 e. The molecule has 0 bridgehead atoms. The Kier molecular flexibility index (Phi) is 1.68. The van der Waals surface area contributed by atoms with E-state index in [0.29, 0.717) is 11.4 Å². The van der Waals surface area contributed by atoms with Crippen LogP contribution >= 0.6 is 0 Å². The van der Waals surface area contributed by atoms with Crippen molar-refractivity contribution in [3.63, 3.8) is 0 Å². The lowest BCUT2D eigenvalue weighted by Gasteiger charge is -1.87. The third-order valence-electron chi connectivity index (χ3n) is 1.09. The molecule has 0 saturated carbocycles. The normalized spacial score (nSPS) is 7.80. The summed E-state index contributed by atoms with van der Waals surface area (Å²) in [7, 11) is 0. The molecule has 0 unspecified atom stereocenters. The van der Waals surface area contributed by atoms with E-state index in [4.69, 9.17) is 13.1 Å². The molecule has 0 aliphatic rings. The molecular weight excluding hydrogens is 124 g/mol. The minimum absolute atomic E-state index is 0.522. The Balaban J connectivity index is 3.17. The fourth-order valence-corrected chi connectivity index (χ4v) is 0.632. The SMILES string of the molecule is [C-]#[N+]c1cccc([N+]#[C-])c1. The van der Waals surface area contributed by atoms with E-state index in [0.717, 1.165) is 0 Å². The van der Waals surface area contributed by atoms with E-state index in [9.17, 15) is 0 Å². The van der Waals surface area contributed by atoms with Crippen molar-refractivity contribution in [1.82, 2.24) is 0 Å². The molecule has 0 aromatic heterocycles. The second-order valence-electron chi connectivity index (χ2n) is 1.74. The molecule has 0 N–H and O–H groups in total. The van der Waals surface area contributed by atoms with E-state index in [1.54, 1.807) is 24.3 Å². The molecule has 0 spiro atoms. The summed E-state index contributed by atoms with van der Waals surface area (Å²) in [6.45, 7) is 13.3. The molecule has 0 amide bonds. The highest BCUT2D eigenvalue weighted by atomic mass is 14.7. The quantitative estimate of drug-likeness (QED) is 0.475. The average molecular weight is 128 g/mol. The van der Waals surface area contributed by atoms with Gasteiger partial charge in [0.2, 0.25) is 0 Å². The van der Waals surface area contributed by atoms with E-state index in [1.807, 2.05) is 0 Å². The van der Waals surface area contributed by atoms with Crippen LogP contribution in [0.25, 0.3) is 9.69 Å². The van der Waals surface area contributed by atoms with Crippen molar-refractivity contribution in [3.8, 4) is 0 Å². The highest BCUT2D eigenvalue weighted by Crippen LogP contribution is 2.19. The molecule has 2 nitrogen and oxygen atoms in total. The van der Waals surface area contributed by atoms with Gasteiger partial charge in [0.15, 0.2) is 11.4 Å². The highest BCUT2D eigenvalue weighted by molar-refractivity contribution is 5.57. The average Bonchev–Trinajstić information content (AvgIpc) is 2.05. The van der Waals surface area contributed by atoms with E-state index in [-0.39, 0.29) is 0 Å². The monoisotopic (exact) mass is 128 g/mol. The van der Waals surface area contributed by atoms with Crippen LogP contribution in [-0.2, 0) is 0 Å². The number of hydrogen-bond donors (Lipinski definition) is 0. The molecule has 0 aliphatic heterocycles. The Morgan fingerprint density at radius 3 is 1.90 bits per heavy atom. The maximum absolute atomic E-state index is 6.64. The summed E-state index contributed by atoms with van der Waals surface area (Å²) < 4.78 is 0. The lowest BCUT2D eigenvalue weighted by Crippen LogP contribution is -1.58. The number of rotatable bonds is 0. The molecule has 46 valence electrons. The van der Waals surface area contributed by atoms with E-state index >= 15 is 0 Å². The summed E-state index contributed by atoms with van der Waals surface area (Å²) in [6, 6.07) is 6.64. The first-order valence-electron chi connectivity index (χ1n) is 2.72. The highest BCUT2D eigenvalue weighted by Gasteiger charge is 1.90. The number of hydrogen-bond acceptors (Lipinski definition) is 0. The first kappa shape index (κ1) is 6.32. The minimum Gasteiger partial charge on any atom is -0.240 e. The Labute approximate surface area is 59.4 Å². The van der Waals surface area contributed by atoms with Gasteiger partial charge in [-0.25, -0.2) is 9.69 Å². The topological polar surface area (TPSA) is 8.72 Å². The maximum atomic E-state index is 6.64. The van der Waals surface area contributed by atoms with Gasteiger partial charge in [0.1, 0.15) is 0 Å². The summed E-state index contributed by atoms with van der Waals surface area (Å²) in [5.74, 6) is 0. The molecule has 1 aromatic rings. The molecule has 0 atom stereocenters. The van der Waals surface area contributed by atoms with Gasteiger partial charge in [-0.05, 0) is 0 Å². The van der Waals surface area contributed by atoms with Crippen LogP contribution in [0.15, 0.2) is 24.3 Å². The minimum atomic E-state index is 0.522. The standard InChI is InChI=1S/C8H4N2/c1-9-7-4-3-5-8(6-7)10-2/h3-6H. The first-order valence-corrected chi connectivity index (χ1v) is 2.72. The molecule has 2 heteroatoms. The molecular formula is C8H4N2. The van der Waals surface area contributed by atoms with Crippen molar-refractivity contribution in [3.05, 3.63) is 47.1 Å². The molecule has 0 fully saturated rings. The second kappa shape index (κ2) is 2.66. The molecule has 10 heavy (non-hydrogen) atoms. The van der Waals surface area contributed by atoms with Crippen LogP contribution in [0.4, 0.5) is 11.4 Å². The van der Waals surface area contributed by atoms with E-state index < -0.39 is 0 Å². The van der Waals surface area contributed by atoms with Crippen LogP contribution in [0.3, 0.4) is 0 Å². The lowest BCUT2D eigenvalue weighted by molar-refractivity contribution is 1.72. The molecule has 0 heterocycles. The fourth-order valence-electron chi connectivity index (χ4n) is 0.632. The van der Waals surface area contributed by atoms with Gasteiger partial charge in [0.05, 0.1) is 13.1 Å². The predicted molar refractivity (Wildman–Crippen MR) is 39.0 cm³/mol. The van der Waals surface area contributed by atoms with Crippen molar-refractivity contribution in [1.29, 1.82) is 0 Å². The number of benzene rings is 1. The van der Waals surface area contributed by atoms with Crippen LogP contribution in [-0.4, -0.2) is 0 Å². The van der Waals surface area contributed by atoms with Crippen LogP contribution in [0, 0.1) is 13.1 Å². The lowest BCUT2D eigenvalue weighted by atomic mass is 10.3. The van der Waals surface area contributed by atoms with Crippen LogP contribution in [0.2, 0.25) is 0 Å². The first-order chi connectivity index (χ1) is 4.86. The molecule has 0 aliphatic carbocycles. The van der Waals surface area contributed by atoms with Crippen molar-refractivity contribution >= 4 is 11.4 Å². The fraction of sp³-hybridized carbons (Fsp3) is 0. The zero-order valence-corrected chi connectivity index (χ0v) is 5.20. The zero-order valence-electron chi connectivity index (χ0n) is 5.20. The number of nitrogens with zero attached hydrogens (tertiary/aromatic N) is 2. The van der Waals surface area contributed by atoms with Gasteiger partial charge in [-0.2, -0.15) is 0 Å². The van der Waals surface area contributed by atoms with Crippen LogP contribution in [0.5, 0.6) is 0 Å². The molecule has 0 radical (unpaired) electrons. The van der Waals surface area contributed by atoms with Crippen LogP contribution in [0.1, 0.15) is 0 Å². The zero-order chi connectivity index (χ0) is 7.40. The Hall–Kier alpha value is -1.80. The van der Waals surface area contributed by atoms with Gasteiger partial charge >= 0.3 is 0 Å². The van der Waals surface area contributed by atoms with Gasteiger partial charge in [-0.1, -0.05) is 24.3 Å². The van der Waals surface area contributed by atoms with Gasteiger partial charge in [0, 0.05) is 0 Å². The third kappa shape index (κ3) is 1.13. The molecule has 1 rings (SSSR count). The largest absolute Gasteiger partial charge is 0.240 e. The van der Waals surface area contributed by atoms with Crippen LogP contribution < -0.4 is 0 Å². The Bertz CT molecular complexity index is 286. The molecule has 1 aromatic carbocycles. The van der Waals surface area contributed by atoms with Crippen molar-refractivity contribution in [2.24, 2.45) is 0 Å². The second-order valence-corrected chi connectivity index (χ2v) is 1.74. The van der Waals surface area contributed by atoms with Crippen molar-refractivity contribution in [2.45, 2.75) is 0 Å². The predicted octanol–water partition coefficient (Wildman–Crippen LogP) is 2.79. The summed E-state index contributed by atoms with van der Waals surface area (Å²) in [5, 5.41) is 0. The van der Waals surface area contributed by atoms with E-state index in [2.05, 4.69) is 9.69 Å². The Morgan fingerprint density at radius 2 is 1.50 bits per heavy atom. The smallest absolute Gasteiger partial charge is 0.177 e. The Morgan fingerprint density at radius 1 is 1.00 bits per heavy atom. The van der Waals surface area contributed by atoms with E-state index in [1.165, 1.54) is 0 Å². The van der Waals surface area contributed by atoms with Gasteiger partial charge in [-0.15, -0.1) is 0 Å². The van der Waals surface area contributed by atoms with Gasteiger partial charge in [-0.3, -0.25) is 0 Å². The summed E-state index contributed by atoms with van der Waals surface area (Å²) >= 11 is 0. The summed E-state index contributed by atoms with van der Waals surface area (Å²) in [5.41, 5.74) is 1.04. The van der Waals surface area contributed by atoms with Crippen molar-refractivity contribution in [2.75, 3.05) is 0 Å².